The quantitative estimate of drug-likeness (QED) is 0.496. The van der Waals surface area contributed by atoms with Gasteiger partial charge in [0.05, 0.1) is 5.56 Å². The minimum Gasteiger partial charge on any atom is -0.477 e. The second-order valence-corrected chi connectivity index (χ2v) is 3.89. The maximum atomic E-state index is 12.5. The molecular formula is C8H3F5INO2. The molecule has 0 bridgehead atoms. The Balaban J connectivity index is 3.55. The van der Waals surface area contributed by atoms with E-state index in [1.807, 2.05) is 0 Å². The smallest absolute Gasteiger partial charge is 0.419 e. The number of rotatable bonds is 2. The first-order valence-electron chi connectivity index (χ1n) is 3.93. The van der Waals surface area contributed by atoms with Crippen LogP contribution >= 0.6 is 22.6 Å². The lowest BCUT2D eigenvalue weighted by Gasteiger charge is -2.14. The average Bonchev–Trinajstić information content (AvgIpc) is 2.13. The van der Waals surface area contributed by atoms with Gasteiger partial charge in [0, 0.05) is 5.56 Å². The molecule has 0 aliphatic rings. The summed E-state index contributed by atoms with van der Waals surface area (Å²) < 4.78 is 61.5. The largest absolute Gasteiger partial charge is 0.477 e. The van der Waals surface area contributed by atoms with Gasteiger partial charge in [-0.1, -0.05) is 0 Å². The fourth-order valence-electron chi connectivity index (χ4n) is 1.09. The summed E-state index contributed by atoms with van der Waals surface area (Å²) in [6, 6.07) is 0.234. The molecule has 0 amide bonds. The molecule has 0 radical (unpaired) electrons. The molecule has 1 aromatic heterocycles. The summed E-state index contributed by atoms with van der Waals surface area (Å²) in [5.74, 6) is -1.67. The number of carbonyl (C=O) groups is 1. The lowest BCUT2D eigenvalue weighted by atomic mass is 10.1. The third-order valence-electron chi connectivity index (χ3n) is 1.74. The molecule has 1 aromatic rings. The van der Waals surface area contributed by atoms with Crippen molar-refractivity contribution in [2.45, 2.75) is 12.6 Å². The van der Waals surface area contributed by atoms with Crippen molar-refractivity contribution in [3.63, 3.8) is 0 Å². The molecule has 0 saturated carbocycles. The fourth-order valence-corrected chi connectivity index (χ4v) is 1.97. The van der Waals surface area contributed by atoms with Crippen molar-refractivity contribution in [3.8, 4) is 0 Å². The van der Waals surface area contributed by atoms with E-state index in [2.05, 4.69) is 4.98 Å². The van der Waals surface area contributed by atoms with Crippen LogP contribution in [0.1, 0.15) is 28.0 Å². The summed E-state index contributed by atoms with van der Waals surface area (Å²) in [6.07, 6.45) is -8.44. The minimum absolute atomic E-state index is 0.234. The van der Waals surface area contributed by atoms with Gasteiger partial charge in [0.15, 0.2) is 0 Å². The van der Waals surface area contributed by atoms with Crippen LogP contribution in [-0.2, 0) is 6.18 Å². The van der Waals surface area contributed by atoms with Gasteiger partial charge in [-0.15, -0.1) is 0 Å². The molecule has 3 nitrogen and oxygen atoms in total. The summed E-state index contributed by atoms with van der Waals surface area (Å²) >= 11 is 1.08. The van der Waals surface area contributed by atoms with Crippen LogP contribution in [-0.4, -0.2) is 16.1 Å². The second-order valence-electron chi connectivity index (χ2n) is 2.87. The number of carboxylic acids is 1. The first-order valence-corrected chi connectivity index (χ1v) is 5.01. The summed E-state index contributed by atoms with van der Waals surface area (Å²) in [6.45, 7) is 0. The van der Waals surface area contributed by atoms with E-state index in [-0.39, 0.29) is 6.07 Å². The summed E-state index contributed by atoms with van der Waals surface area (Å²) in [7, 11) is 0. The van der Waals surface area contributed by atoms with Crippen molar-refractivity contribution >= 4 is 28.6 Å². The molecule has 0 aliphatic carbocycles. The van der Waals surface area contributed by atoms with Crippen LogP contribution in [0.3, 0.4) is 0 Å². The van der Waals surface area contributed by atoms with E-state index in [9.17, 15) is 26.7 Å². The van der Waals surface area contributed by atoms with Gasteiger partial charge in [-0.05, 0) is 28.7 Å². The Hall–Kier alpha value is -1.00. The van der Waals surface area contributed by atoms with E-state index in [0.717, 1.165) is 22.6 Å². The van der Waals surface area contributed by atoms with Crippen molar-refractivity contribution in [1.29, 1.82) is 0 Å². The average molecular weight is 367 g/mol. The van der Waals surface area contributed by atoms with Gasteiger partial charge in [-0.3, -0.25) is 0 Å². The number of pyridine rings is 1. The Labute approximate surface area is 105 Å². The molecule has 0 spiro atoms. The van der Waals surface area contributed by atoms with Crippen molar-refractivity contribution in [1.82, 2.24) is 4.98 Å². The summed E-state index contributed by atoms with van der Waals surface area (Å²) in [4.78, 5) is 13.6. The van der Waals surface area contributed by atoms with Gasteiger partial charge in [-0.2, -0.15) is 13.2 Å². The number of hydrogen-bond donors (Lipinski definition) is 1. The standard InChI is InChI=1S/C8H3F5INO2/c9-5(10)2-1-3(7(16)17)15-6(14)4(2)8(11,12)13/h1,5H,(H,16,17). The van der Waals surface area contributed by atoms with Crippen molar-refractivity contribution in [2.24, 2.45) is 0 Å². The van der Waals surface area contributed by atoms with Crippen LogP contribution in [0.5, 0.6) is 0 Å². The van der Waals surface area contributed by atoms with Crippen LogP contribution < -0.4 is 0 Å². The van der Waals surface area contributed by atoms with E-state index in [1.165, 1.54) is 0 Å². The number of alkyl halides is 5. The topological polar surface area (TPSA) is 50.2 Å². The van der Waals surface area contributed by atoms with Crippen LogP contribution in [0.15, 0.2) is 6.07 Å². The van der Waals surface area contributed by atoms with Crippen molar-refractivity contribution < 1.29 is 31.9 Å². The van der Waals surface area contributed by atoms with Gasteiger partial charge >= 0.3 is 12.1 Å². The molecule has 1 rings (SSSR count). The van der Waals surface area contributed by atoms with Gasteiger partial charge < -0.3 is 5.11 Å². The molecule has 0 fully saturated rings. The van der Waals surface area contributed by atoms with E-state index in [0.29, 0.717) is 0 Å². The highest BCUT2D eigenvalue weighted by molar-refractivity contribution is 14.1. The monoisotopic (exact) mass is 367 g/mol. The van der Waals surface area contributed by atoms with E-state index >= 15 is 0 Å². The number of carboxylic acid groups (broad SMARTS) is 1. The highest BCUT2D eigenvalue weighted by Crippen LogP contribution is 2.38. The van der Waals surface area contributed by atoms with Crippen LogP contribution in [0.25, 0.3) is 0 Å². The van der Waals surface area contributed by atoms with E-state index in [4.69, 9.17) is 5.11 Å². The predicted molar refractivity (Wildman–Crippen MR) is 53.9 cm³/mol. The Morgan fingerprint density at radius 2 is 1.94 bits per heavy atom. The number of nitrogens with zero attached hydrogens (tertiary/aromatic N) is 1. The van der Waals surface area contributed by atoms with Crippen LogP contribution in [0.4, 0.5) is 22.0 Å². The van der Waals surface area contributed by atoms with Crippen LogP contribution in [0.2, 0.25) is 0 Å². The molecular weight excluding hydrogens is 364 g/mol. The fraction of sp³-hybridized carbons (Fsp3) is 0.250. The molecule has 0 aromatic carbocycles. The molecule has 0 unspecified atom stereocenters. The number of aromatic carboxylic acids is 1. The normalized spacial score (nSPS) is 11.9. The lowest BCUT2D eigenvalue weighted by molar-refractivity contribution is -0.140. The number of halogens is 6. The van der Waals surface area contributed by atoms with E-state index < -0.39 is 39.1 Å². The van der Waals surface area contributed by atoms with Gasteiger partial charge in [0.2, 0.25) is 0 Å². The Bertz CT molecular complexity index is 460. The predicted octanol–water partition coefficient (Wildman–Crippen LogP) is 3.34. The van der Waals surface area contributed by atoms with E-state index in [1.54, 1.807) is 0 Å². The number of hydrogen-bond acceptors (Lipinski definition) is 2. The zero-order valence-corrected chi connectivity index (χ0v) is 9.88. The van der Waals surface area contributed by atoms with Gasteiger partial charge in [0.1, 0.15) is 9.39 Å². The third kappa shape index (κ3) is 3.01. The minimum atomic E-state index is -5.01. The zero-order valence-electron chi connectivity index (χ0n) is 7.73. The van der Waals surface area contributed by atoms with Crippen LogP contribution in [0, 0.1) is 3.70 Å². The first-order chi connectivity index (χ1) is 7.64. The second kappa shape index (κ2) is 4.70. The maximum absolute atomic E-state index is 12.5. The molecule has 0 atom stereocenters. The molecule has 9 heteroatoms. The molecule has 94 valence electrons. The Morgan fingerprint density at radius 3 is 2.29 bits per heavy atom. The first kappa shape index (κ1) is 14.1. The lowest BCUT2D eigenvalue weighted by Crippen LogP contribution is -2.16. The van der Waals surface area contributed by atoms with Crippen molar-refractivity contribution in [3.05, 3.63) is 26.6 Å². The van der Waals surface area contributed by atoms with Gasteiger partial charge in [0.25, 0.3) is 6.43 Å². The highest BCUT2D eigenvalue weighted by atomic mass is 127. The highest BCUT2D eigenvalue weighted by Gasteiger charge is 2.39. The van der Waals surface area contributed by atoms with Gasteiger partial charge in [-0.25, -0.2) is 18.6 Å². The third-order valence-corrected chi connectivity index (χ3v) is 2.52. The molecule has 0 aliphatic heterocycles. The SMILES string of the molecule is O=C(O)c1cc(C(F)F)c(C(F)(F)F)c(I)n1. The summed E-state index contributed by atoms with van der Waals surface area (Å²) in [5.41, 5.74) is -3.83. The molecule has 0 saturated heterocycles. The Morgan fingerprint density at radius 1 is 1.41 bits per heavy atom. The number of aromatic nitrogens is 1. The summed E-state index contributed by atoms with van der Waals surface area (Å²) in [5, 5.41) is 8.52. The van der Waals surface area contributed by atoms with Crippen molar-refractivity contribution in [2.75, 3.05) is 0 Å². The molecule has 1 heterocycles. The zero-order chi connectivity index (χ0) is 13.4. The molecule has 17 heavy (non-hydrogen) atoms. The maximum Gasteiger partial charge on any atom is 0.419 e. The Kier molecular flexibility index (Phi) is 3.89. The molecule has 1 N–H and O–H groups in total.